The van der Waals surface area contributed by atoms with E-state index in [0.717, 1.165) is 38.4 Å². The van der Waals surface area contributed by atoms with Crippen LogP contribution in [-0.2, 0) is 4.74 Å². The van der Waals surface area contributed by atoms with Crippen molar-refractivity contribution in [3.63, 3.8) is 0 Å². The quantitative estimate of drug-likeness (QED) is 0.523. The molecule has 0 aliphatic carbocycles. The summed E-state index contributed by atoms with van der Waals surface area (Å²) < 4.78 is 19.4. The van der Waals surface area contributed by atoms with Crippen LogP contribution in [0.5, 0.6) is 0 Å². The summed E-state index contributed by atoms with van der Waals surface area (Å²) in [5, 5.41) is 2.35. The molecule has 0 aliphatic heterocycles. The summed E-state index contributed by atoms with van der Waals surface area (Å²) >= 11 is 0. The third-order valence-electron chi connectivity index (χ3n) is 4.61. The summed E-state index contributed by atoms with van der Waals surface area (Å²) in [6.45, 7) is 5.98. The second kappa shape index (κ2) is 5.09. The molecule has 0 saturated heterocycles. The van der Waals surface area contributed by atoms with Crippen molar-refractivity contribution in [2.45, 2.75) is 20.8 Å². The Morgan fingerprint density at radius 2 is 1.92 bits per heavy atom. The first-order valence-electron chi connectivity index (χ1n) is 7.91. The topological polar surface area (TPSA) is 57.9 Å². The minimum absolute atomic E-state index is 0.258. The fourth-order valence-electron chi connectivity index (χ4n) is 3.56. The maximum atomic E-state index is 14.3. The first kappa shape index (κ1) is 14.8. The smallest absolute Gasteiger partial charge is 0.355 e. The Labute approximate surface area is 137 Å². The Kier molecular flexibility index (Phi) is 3.13. The van der Waals surface area contributed by atoms with Gasteiger partial charge < -0.3 is 14.7 Å². The van der Waals surface area contributed by atoms with Crippen LogP contribution >= 0.6 is 0 Å². The molecule has 0 aliphatic rings. The average molecular weight is 324 g/mol. The Bertz CT molecular complexity index is 1120. The highest BCUT2D eigenvalue weighted by atomic mass is 19.1. The number of fused-ring (bicyclic) bond motifs is 4. The molecule has 4 nitrogen and oxygen atoms in total. The fraction of sp³-hybridized carbons (Fsp3) is 0.211. The van der Waals surface area contributed by atoms with Crippen molar-refractivity contribution < 1.29 is 13.9 Å². The van der Waals surface area contributed by atoms with Crippen LogP contribution in [0, 0.1) is 19.7 Å². The van der Waals surface area contributed by atoms with Gasteiger partial charge in [-0.25, -0.2) is 9.18 Å². The highest BCUT2D eigenvalue weighted by molar-refractivity contribution is 6.15. The van der Waals surface area contributed by atoms with E-state index in [1.165, 1.54) is 6.07 Å². The predicted molar refractivity (Wildman–Crippen MR) is 93.0 cm³/mol. The van der Waals surface area contributed by atoms with Crippen LogP contribution in [0.1, 0.15) is 28.5 Å². The lowest BCUT2D eigenvalue weighted by Gasteiger charge is -2.02. The zero-order valence-electron chi connectivity index (χ0n) is 13.7. The third-order valence-corrected chi connectivity index (χ3v) is 4.61. The van der Waals surface area contributed by atoms with Crippen molar-refractivity contribution in [2.75, 3.05) is 6.61 Å². The first-order valence-corrected chi connectivity index (χ1v) is 7.91. The van der Waals surface area contributed by atoms with Crippen molar-refractivity contribution >= 4 is 38.7 Å². The van der Waals surface area contributed by atoms with E-state index >= 15 is 0 Å². The summed E-state index contributed by atoms with van der Waals surface area (Å²) in [6.07, 6.45) is 0. The Morgan fingerprint density at radius 1 is 1.12 bits per heavy atom. The van der Waals surface area contributed by atoms with Gasteiger partial charge in [0, 0.05) is 27.2 Å². The summed E-state index contributed by atoms with van der Waals surface area (Å²) in [4.78, 5) is 18.6. The highest BCUT2D eigenvalue weighted by Gasteiger charge is 2.20. The van der Waals surface area contributed by atoms with Gasteiger partial charge in [-0.15, -0.1) is 0 Å². The van der Waals surface area contributed by atoms with Crippen LogP contribution < -0.4 is 0 Å². The van der Waals surface area contributed by atoms with Crippen LogP contribution in [-0.4, -0.2) is 22.5 Å². The van der Waals surface area contributed by atoms with Crippen molar-refractivity contribution in [1.29, 1.82) is 0 Å². The van der Waals surface area contributed by atoms with Gasteiger partial charge in [0.15, 0.2) is 0 Å². The van der Waals surface area contributed by atoms with Gasteiger partial charge in [0.25, 0.3) is 0 Å². The molecule has 0 bridgehead atoms. The molecule has 0 spiro atoms. The van der Waals surface area contributed by atoms with Gasteiger partial charge >= 0.3 is 5.97 Å². The number of benzene rings is 2. The number of hydrogen-bond acceptors (Lipinski definition) is 2. The molecular weight excluding hydrogens is 307 g/mol. The van der Waals surface area contributed by atoms with E-state index < -0.39 is 0 Å². The van der Waals surface area contributed by atoms with Crippen molar-refractivity contribution in [2.24, 2.45) is 0 Å². The van der Waals surface area contributed by atoms with E-state index in [-0.39, 0.29) is 11.8 Å². The normalized spacial score (nSPS) is 11.7. The Morgan fingerprint density at radius 3 is 2.67 bits per heavy atom. The van der Waals surface area contributed by atoms with E-state index in [1.54, 1.807) is 13.0 Å². The molecule has 0 saturated carbocycles. The standard InChI is InChI=1S/C19H17FN2O2/c1-4-24-19(23)18-10(3)15-9(2)17-11(8-14(15)22-18)16-12(20)6-5-7-13(16)21-17/h5-8,21-22H,4H2,1-3H3. The van der Waals surface area contributed by atoms with Gasteiger partial charge in [-0.3, -0.25) is 0 Å². The number of esters is 1. The number of ether oxygens (including phenoxy) is 1. The molecule has 2 aromatic heterocycles. The van der Waals surface area contributed by atoms with E-state index in [9.17, 15) is 9.18 Å². The minimum atomic E-state index is -0.370. The maximum Gasteiger partial charge on any atom is 0.355 e. The number of carbonyl (C=O) groups excluding carboxylic acids is 1. The minimum Gasteiger partial charge on any atom is -0.461 e. The number of carbonyl (C=O) groups is 1. The van der Waals surface area contributed by atoms with Crippen LogP contribution in [0.25, 0.3) is 32.7 Å². The zero-order valence-corrected chi connectivity index (χ0v) is 13.7. The largest absolute Gasteiger partial charge is 0.461 e. The zero-order chi connectivity index (χ0) is 17.0. The number of halogens is 1. The van der Waals surface area contributed by atoms with Crippen molar-refractivity contribution in [3.05, 3.63) is 46.9 Å². The number of hydrogen-bond donors (Lipinski definition) is 2. The maximum absolute atomic E-state index is 14.3. The molecule has 4 aromatic rings. The molecular formula is C19H17FN2O2. The van der Waals surface area contributed by atoms with Crippen molar-refractivity contribution in [3.8, 4) is 0 Å². The number of aryl methyl sites for hydroxylation is 2. The summed E-state index contributed by atoms with van der Waals surface area (Å²) in [6, 6.07) is 6.91. The summed E-state index contributed by atoms with van der Waals surface area (Å²) in [7, 11) is 0. The Balaban J connectivity index is 2.11. The van der Waals surface area contributed by atoms with Gasteiger partial charge in [0.05, 0.1) is 12.1 Å². The average Bonchev–Trinajstić information content (AvgIpc) is 3.08. The summed E-state index contributed by atoms with van der Waals surface area (Å²) in [5.41, 5.74) is 4.76. The van der Waals surface area contributed by atoms with Crippen LogP contribution in [0.15, 0.2) is 24.3 Å². The fourth-order valence-corrected chi connectivity index (χ4v) is 3.56. The molecule has 0 amide bonds. The lowest BCUT2D eigenvalue weighted by atomic mass is 10.0. The second-order valence-corrected chi connectivity index (χ2v) is 5.98. The molecule has 2 heterocycles. The van der Waals surface area contributed by atoms with Gasteiger partial charge in [-0.05, 0) is 50.1 Å². The molecule has 0 atom stereocenters. The molecule has 0 unspecified atom stereocenters. The Hall–Kier alpha value is -2.82. The summed E-state index contributed by atoms with van der Waals surface area (Å²) in [5.74, 6) is -0.628. The van der Waals surface area contributed by atoms with Gasteiger partial charge in [-0.2, -0.15) is 0 Å². The lowest BCUT2D eigenvalue weighted by Crippen LogP contribution is -2.06. The molecule has 24 heavy (non-hydrogen) atoms. The van der Waals surface area contributed by atoms with E-state index in [1.807, 2.05) is 26.0 Å². The van der Waals surface area contributed by atoms with Gasteiger partial charge in [0.2, 0.25) is 0 Å². The van der Waals surface area contributed by atoms with Crippen LogP contribution in [0.2, 0.25) is 0 Å². The molecule has 0 fully saturated rings. The number of nitrogens with one attached hydrogen (secondary N) is 2. The van der Waals surface area contributed by atoms with E-state index in [4.69, 9.17) is 4.74 Å². The number of aromatic amines is 2. The monoisotopic (exact) mass is 324 g/mol. The number of rotatable bonds is 2. The SMILES string of the molecule is CCOC(=O)c1[nH]c2cc3c([nH]c4cccc(F)c43)c(C)c2c1C. The molecule has 5 heteroatoms. The van der Waals surface area contributed by atoms with E-state index in [0.29, 0.717) is 17.7 Å². The van der Waals surface area contributed by atoms with Gasteiger partial charge in [-0.1, -0.05) is 6.07 Å². The number of aromatic nitrogens is 2. The predicted octanol–water partition coefficient (Wildman–Crippen LogP) is 4.74. The molecule has 122 valence electrons. The molecule has 4 rings (SSSR count). The van der Waals surface area contributed by atoms with Crippen LogP contribution in [0.4, 0.5) is 4.39 Å². The second-order valence-electron chi connectivity index (χ2n) is 5.98. The van der Waals surface area contributed by atoms with Gasteiger partial charge in [0.1, 0.15) is 11.5 Å². The third kappa shape index (κ3) is 1.87. The van der Waals surface area contributed by atoms with Crippen LogP contribution in [0.3, 0.4) is 0 Å². The molecule has 0 radical (unpaired) electrons. The van der Waals surface area contributed by atoms with E-state index in [2.05, 4.69) is 9.97 Å². The molecule has 2 N–H and O–H groups in total. The first-order chi connectivity index (χ1) is 11.5. The van der Waals surface area contributed by atoms with Crippen molar-refractivity contribution in [1.82, 2.24) is 9.97 Å². The molecule has 2 aromatic carbocycles. The lowest BCUT2D eigenvalue weighted by molar-refractivity contribution is 0.0520. The highest BCUT2D eigenvalue weighted by Crippen LogP contribution is 2.36. The number of H-pyrrole nitrogens is 2.